The minimum atomic E-state index is -0.994. The number of piperidine rings is 1. The molecule has 1 unspecified atom stereocenters. The number of likely N-dealkylation sites (tertiary alicyclic amines) is 1. The van der Waals surface area contributed by atoms with Gasteiger partial charge in [-0.1, -0.05) is 30.4 Å². The van der Waals surface area contributed by atoms with Crippen molar-refractivity contribution in [3.05, 3.63) is 47.6 Å². The molecule has 3 atom stereocenters. The number of methoxy groups -OCH3 is 1. The maximum atomic E-state index is 11.5. The molecule has 0 saturated carbocycles. The third kappa shape index (κ3) is 1.44. The van der Waals surface area contributed by atoms with E-state index in [4.69, 9.17) is 4.74 Å². The molecule has 1 saturated heterocycles. The molecule has 116 valence electrons. The Morgan fingerprint density at radius 1 is 1.27 bits per heavy atom. The molecule has 2 bridgehead atoms. The van der Waals surface area contributed by atoms with Gasteiger partial charge in [-0.3, -0.25) is 4.90 Å². The highest BCUT2D eigenvalue weighted by Gasteiger charge is 2.61. The van der Waals surface area contributed by atoms with Crippen LogP contribution in [0.3, 0.4) is 0 Å². The van der Waals surface area contributed by atoms with Crippen LogP contribution >= 0.6 is 0 Å². The molecule has 0 amide bonds. The highest BCUT2D eigenvalue weighted by atomic mass is 16.5. The second-order valence-electron chi connectivity index (χ2n) is 6.62. The average molecular weight is 299 g/mol. The summed E-state index contributed by atoms with van der Waals surface area (Å²) in [4.78, 5) is 2.23. The van der Waals surface area contributed by atoms with Crippen LogP contribution < -0.4 is 4.74 Å². The lowest BCUT2D eigenvalue weighted by Gasteiger charge is -2.59. The van der Waals surface area contributed by atoms with Crippen molar-refractivity contribution in [2.45, 2.75) is 29.9 Å². The van der Waals surface area contributed by atoms with Crippen molar-refractivity contribution >= 4 is 0 Å². The lowest BCUT2D eigenvalue weighted by molar-refractivity contribution is -0.0906. The number of hydrogen-bond donors (Lipinski definition) is 2. The van der Waals surface area contributed by atoms with E-state index in [1.165, 1.54) is 0 Å². The summed E-state index contributed by atoms with van der Waals surface area (Å²) in [6, 6.07) is 3.85. The van der Waals surface area contributed by atoms with Gasteiger partial charge >= 0.3 is 0 Å². The van der Waals surface area contributed by atoms with Crippen LogP contribution in [0.25, 0.3) is 0 Å². The fourth-order valence-corrected chi connectivity index (χ4v) is 4.62. The number of phenols is 1. The molecule has 1 fully saturated rings. The molecular formula is C18H21NO3. The van der Waals surface area contributed by atoms with Gasteiger partial charge in [0.2, 0.25) is 0 Å². The van der Waals surface area contributed by atoms with E-state index in [1.54, 1.807) is 7.11 Å². The van der Waals surface area contributed by atoms with Gasteiger partial charge in [0.05, 0.1) is 12.5 Å². The number of phenolic OH excluding ortho intramolecular Hbond substituents is 1. The Kier molecular flexibility index (Phi) is 2.75. The summed E-state index contributed by atoms with van der Waals surface area (Å²) < 4.78 is 5.30. The Bertz CT molecular complexity index is 696. The highest BCUT2D eigenvalue weighted by Crippen LogP contribution is 2.57. The first-order chi connectivity index (χ1) is 10.5. The molecule has 4 heteroatoms. The molecule has 1 aromatic carbocycles. The highest BCUT2D eigenvalue weighted by molar-refractivity contribution is 5.61. The molecule has 0 spiro atoms. The van der Waals surface area contributed by atoms with Crippen molar-refractivity contribution in [2.75, 3.05) is 20.7 Å². The van der Waals surface area contributed by atoms with Gasteiger partial charge in [-0.05, 0) is 38.1 Å². The maximum Gasteiger partial charge on any atom is 0.162 e. The quantitative estimate of drug-likeness (QED) is 0.829. The van der Waals surface area contributed by atoms with Gasteiger partial charge in [-0.25, -0.2) is 0 Å². The fourth-order valence-electron chi connectivity index (χ4n) is 4.62. The van der Waals surface area contributed by atoms with Crippen LogP contribution in [-0.2, 0) is 11.8 Å². The normalized spacial score (nSPS) is 35.9. The summed E-state index contributed by atoms with van der Waals surface area (Å²) in [6.45, 7) is 0.890. The largest absolute Gasteiger partial charge is 0.504 e. The van der Waals surface area contributed by atoms with E-state index in [2.05, 4.69) is 18.0 Å². The molecule has 3 aliphatic rings. The first kappa shape index (κ1) is 13.9. The van der Waals surface area contributed by atoms with Crippen LogP contribution in [0.4, 0.5) is 0 Å². The van der Waals surface area contributed by atoms with Gasteiger partial charge in [0.1, 0.15) is 5.60 Å². The van der Waals surface area contributed by atoms with E-state index >= 15 is 0 Å². The van der Waals surface area contributed by atoms with E-state index < -0.39 is 11.0 Å². The Hall–Kier alpha value is -1.78. The number of aliphatic hydroxyl groups is 1. The first-order valence-corrected chi connectivity index (χ1v) is 7.72. The topological polar surface area (TPSA) is 52.9 Å². The van der Waals surface area contributed by atoms with Crippen molar-refractivity contribution in [3.63, 3.8) is 0 Å². The number of likely N-dealkylation sites (N-methyl/N-ethyl adjacent to an activating group) is 1. The zero-order valence-electron chi connectivity index (χ0n) is 12.9. The molecule has 2 aliphatic carbocycles. The molecule has 22 heavy (non-hydrogen) atoms. The first-order valence-electron chi connectivity index (χ1n) is 7.72. The molecular weight excluding hydrogens is 278 g/mol. The zero-order valence-corrected chi connectivity index (χ0v) is 12.9. The summed E-state index contributed by atoms with van der Waals surface area (Å²) in [5.74, 6) is 0.636. The third-order valence-electron chi connectivity index (χ3n) is 5.76. The SMILES string of the molecule is COc1ccc2c(c1O)C13C=CC=C[C@]1(O)[C@H](C2)N(C)CC3. The minimum absolute atomic E-state index is 0.0164. The van der Waals surface area contributed by atoms with Crippen molar-refractivity contribution < 1.29 is 14.9 Å². The number of benzene rings is 1. The Morgan fingerprint density at radius 2 is 2.05 bits per heavy atom. The molecule has 1 aliphatic heterocycles. The van der Waals surface area contributed by atoms with Gasteiger partial charge in [0.15, 0.2) is 11.5 Å². The van der Waals surface area contributed by atoms with Crippen molar-refractivity contribution in [1.29, 1.82) is 0 Å². The van der Waals surface area contributed by atoms with E-state index in [0.717, 1.165) is 30.5 Å². The van der Waals surface area contributed by atoms with Gasteiger partial charge in [0.25, 0.3) is 0 Å². The van der Waals surface area contributed by atoms with Crippen LogP contribution in [0.1, 0.15) is 17.5 Å². The average Bonchev–Trinajstić information content (AvgIpc) is 2.51. The molecule has 0 radical (unpaired) electrons. The summed E-state index contributed by atoms with van der Waals surface area (Å²) in [5.41, 5.74) is 0.357. The standard InChI is InChI=1S/C18H21NO3/c1-19-10-9-17-7-3-4-8-18(17,21)14(19)11-12-5-6-13(22-2)16(20)15(12)17/h3-8,14,20-21H,9-11H2,1-2H3/t14-,17?,18-/m0/s1. The van der Waals surface area contributed by atoms with Crippen LogP contribution in [0.15, 0.2) is 36.4 Å². The number of nitrogens with zero attached hydrogens (tertiary/aromatic N) is 1. The Balaban J connectivity index is 2.04. The predicted molar refractivity (Wildman–Crippen MR) is 84.3 cm³/mol. The predicted octanol–water partition coefficient (Wildman–Crippen LogP) is 1.76. The second-order valence-corrected chi connectivity index (χ2v) is 6.62. The lowest BCUT2D eigenvalue weighted by atomic mass is 9.53. The summed E-state index contributed by atoms with van der Waals surface area (Å²) >= 11 is 0. The van der Waals surface area contributed by atoms with E-state index in [9.17, 15) is 10.2 Å². The van der Waals surface area contributed by atoms with Crippen LogP contribution in [0, 0.1) is 0 Å². The van der Waals surface area contributed by atoms with Crippen molar-refractivity contribution in [2.24, 2.45) is 0 Å². The number of aromatic hydroxyl groups is 1. The van der Waals surface area contributed by atoms with Crippen LogP contribution in [0.2, 0.25) is 0 Å². The lowest BCUT2D eigenvalue weighted by Crippen LogP contribution is -2.69. The summed E-state index contributed by atoms with van der Waals surface area (Å²) in [5, 5.41) is 22.3. The molecule has 1 aromatic rings. The summed E-state index contributed by atoms with van der Waals surface area (Å²) in [7, 11) is 3.62. The van der Waals surface area contributed by atoms with Gasteiger partial charge in [0, 0.05) is 11.6 Å². The minimum Gasteiger partial charge on any atom is -0.504 e. The van der Waals surface area contributed by atoms with Crippen LogP contribution in [-0.4, -0.2) is 47.5 Å². The zero-order chi connectivity index (χ0) is 15.5. The smallest absolute Gasteiger partial charge is 0.162 e. The van der Waals surface area contributed by atoms with Gasteiger partial charge in [-0.15, -0.1) is 0 Å². The molecule has 4 rings (SSSR count). The van der Waals surface area contributed by atoms with Gasteiger partial charge in [-0.2, -0.15) is 0 Å². The van der Waals surface area contributed by atoms with Gasteiger partial charge < -0.3 is 14.9 Å². The Labute approximate surface area is 130 Å². The fraction of sp³-hybridized carbons (Fsp3) is 0.444. The van der Waals surface area contributed by atoms with Crippen molar-refractivity contribution in [1.82, 2.24) is 4.90 Å². The monoisotopic (exact) mass is 299 g/mol. The maximum absolute atomic E-state index is 11.5. The number of rotatable bonds is 1. The summed E-state index contributed by atoms with van der Waals surface area (Å²) in [6.07, 6.45) is 9.34. The molecule has 4 nitrogen and oxygen atoms in total. The molecule has 0 aromatic heterocycles. The van der Waals surface area contributed by atoms with E-state index in [-0.39, 0.29) is 11.8 Å². The molecule has 1 heterocycles. The Morgan fingerprint density at radius 3 is 2.82 bits per heavy atom. The second kappa shape index (κ2) is 4.37. The van der Waals surface area contributed by atoms with E-state index in [1.807, 2.05) is 30.4 Å². The third-order valence-corrected chi connectivity index (χ3v) is 5.76. The van der Waals surface area contributed by atoms with Crippen molar-refractivity contribution in [3.8, 4) is 11.5 Å². The number of hydrogen-bond acceptors (Lipinski definition) is 4. The van der Waals surface area contributed by atoms with Crippen LogP contribution in [0.5, 0.6) is 11.5 Å². The number of fused-ring (bicyclic) bond motifs is 1. The van der Waals surface area contributed by atoms with E-state index in [0.29, 0.717) is 5.75 Å². The molecule has 2 N–H and O–H groups in total. The number of allylic oxidation sites excluding steroid dienone is 2. The number of ether oxygens (including phenoxy) is 1.